The van der Waals surface area contributed by atoms with Crippen molar-refractivity contribution in [3.63, 3.8) is 0 Å². The molecule has 2 N–H and O–H groups in total. The second-order valence-electron chi connectivity index (χ2n) is 5.67. The van der Waals surface area contributed by atoms with Crippen molar-refractivity contribution in [1.82, 2.24) is 9.97 Å². The lowest BCUT2D eigenvalue weighted by molar-refractivity contribution is 0.232. The summed E-state index contributed by atoms with van der Waals surface area (Å²) in [7, 11) is 0. The van der Waals surface area contributed by atoms with Gasteiger partial charge in [-0.15, -0.1) is 0 Å². The molecule has 0 radical (unpaired) electrons. The van der Waals surface area contributed by atoms with Gasteiger partial charge in [0.25, 0.3) is 0 Å². The van der Waals surface area contributed by atoms with Crippen LogP contribution in [0.15, 0.2) is 6.07 Å². The third-order valence-corrected chi connectivity index (χ3v) is 3.43. The zero-order chi connectivity index (χ0) is 14.0. The molecule has 0 bridgehead atoms. The van der Waals surface area contributed by atoms with Gasteiger partial charge in [-0.05, 0) is 40.0 Å². The molecule has 0 spiro atoms. The largest absolute Gasteiger partial charge is 0.475 e. The summed E-state index contributed by atoms with van der Waals surface area (Å²) in [5.74, 6) is 1.94. The van der Waals surface area contributed by atoms with Gasteiger partial charge in [0.15, 0.2) is 0 Å². The Morgan fingerprint density at radius 2 is 2.11 bits per heavy atom. The fourth-order valence-corrected chi connectivity index (χ4v) is 2.37. The average Bonchev–Trinajstić information content (AvgIpc) is 2.76. The van der Waals surface area contributed by atoms with Crippen molar-refractivity contribution in [2.45, 2.75) is 46.3 Å². The van der Waals surface area contributed by atoms with E-state index in [4.69, 9.17) is 10.5 Å². The maximum atomic E-state index is 5.97. The van der Waals surface area contributed by atoms with Crippen LogP contribution in [0.3, 0.4) is 0 Å². The molecule has 5 heteroatoms. The lowest BCUT2D eigenvalue weighted by Gasteiger charge is -2.19. The molecule has 2 rings (SSSR count). The van der Waals surface area contributed by atoms with Crippen molar-refractivity contribution in [2.24, 2.45) is 11.7 Å². The molecule has 0 saturated carbocycles. The van der Waals surface area contributed by atoms with Gasteiger partial charge in [-0.2, -0.15) is 4.98 Å². The molecule has 2 heterocycles. The van der Waals surface area contributed by atoms with Gasteiger partial charge in [0.05, 0.1) is 6.10 Å². The van der Waals surface area contributed by atoms with Gasteiger partial charge in [0.2, 0.25) is 11.8 Å². The molecule has 1 aromatic heterocycles. The first-order valence-electron chi connectivity index (χ1n) is 6.98. The average molecular weight is 264 g/mol. The minimum Gasteiger partial charge on any atom is -0.475 e. The highest BCUT2D eigenvalue weighted by molar-refractivity contribution is 5.35. The van der Waals surface area contributed by atoms with E-state index in [0.29, 0.717) is 11.8 Å². The zero-order valence-corrected chi connectivity index (χ0v) is 12.3. The molecule has 19 heavy (non-hydrogen) atoms. The molecule has 0 amide bonds. The molecule has 1 aromatic rings. The van der Waals surface area contributed by atoms with Crippen LogP contribution in [0.25, 0.3) is 0 Å². The van der Waals surface area contributed by atoms with Crippen molar-refractivity contribution in [2.75, 3.05) is 18.0 Å². The number of nitrogens with two attached hydrogens (primary N) is 1. The number of ether oxygens (including phenoxy) is 1. The fourth-order valence-electron chi connectivity index (χ4n) is 2.37. The second-order valence-corrected chi connectivity index (χ2v) is 5.67. The van der Waals surface area contributed by atoms with E-state index in [2.05, 4.69) is 21.8 Å². The molecule has 106 valence electrons. The molecule has 1 saturated heterocycles. The van der Waals surface area contributed by atoms with Crippen molar-refractivity contribution < 1.29 is 4.74 Å². The van der Waals surface area contributed by atoms with Crippen molar-refractivity contribution >= 4 is 5.95 Å². The van der Waals surface area contributed by atoms with Gasteiger partial charge >= 0.3 is 0 Å². The predicted molar refractivity (Wildman–Crippen MR) is 76.5 cm³/mol. The van der Waals surface area contributed by atoms with E-state index in [1.807, 2.05) is 26.8 Å². The Kier molecular flexibility index (Phi) is 4.24. The van der Waals surface area contributed by atoms with Crippen LogP contribution >= 0.6 is 0 Å². The summed E-state index contributed by atoms with van der Waals surface area (Å²) in [6, 6.07) is 2.10. The number of anilines is 1. The summed E-state index contributed by atoms with van der Waals surface area (Å²) in [6.45, 7) is 9.94. The summed E-state index contributed by atoms with van der Waals surface area (Å²) >= 11 is 0. The number of rotatable bonds is 4. The third-order valence-electron chi connectivity index (χ3n) is 3.43. The van der Waals surface area contributed by atoms with Crippen LogP contribution < -0.4 is 15.4 Å². The van der Waals surface area contributed by atoms with Crippen molar-refractivity contribution in [3.05, 3.63) is 11.8 Å². The summed E-state index contributed by atoms with van der Waals surface area (Å²) in [5, 5.41) is 0. The lowest BCUT2D eigenvalue weighted by Crippen LogP contribution is -2.30. The van der Waals surface area contributed by atoms with E-state index in [1.165, 1.54) is 0 Å². The Hall–Kier alpha value is -1.36. The van der Waals surface area contributed by atoms with E-state index in [0.717, 1.165) is 31.2 Å². The van der Waals surface area contributed by atoms with E-state index in [9.17, 15) is 0 Å². The standard InChI is InChI=1S/C14H24N4O/c1-9(2)19-13-7-10(3)16-14(17-13)18-6-5-12(8-18)11(4)15/h7,9,11-12H,5-6,8,15H2,1-4H3. The number of aryl methyl sites for hydroxylation is 1. The minimum absolute atomic E-state index is 0.123. The SMILES string of the molecule is Cc1cc(OC(C)C)nc(N2CCC(C(C)N)C2)n1. The van der Waals surface area contributed by atoms with Crippen LogP contribution in [0.2, 0.25) is 0 Å². The van der Waals surface area contributed by atoms with Crippen LogP contribution in [0.1, 0.15) is 32.9 Å². The highest BCUT2D eigenvalue weighted by atomic mass is 16.5. The molecular formula is C14H24N4O. The van der Waals surface area contributed by atoms with Gasteiger partial charge in [-0.3, -0.25) is 0 Å². The summed E-state index contributed by atoms with van der Waals surface area (Å²) in [6.07, 6.45) is 1.23. The number of aromatic nitrogens is 2. The predicted octanol–water partition coefficient (Wildman–Crippen LogP) is 1.75. The monoisotopic (exact) mass is 264 g/mol. The fraction of sp³-hybridized carbons (Fsp3) is 0.714. The van der Waals surface area contributed by atoms with E-state index < -0.39 is 0 Å². The van der Waals surface area contributed by atoms with Crippen LogP contribution in [0.4, 0.5) is 5.95 Å². The summed E-state index contributed by atoms with van der Waals surface area (Å²) in [4.78, 5) is 11.2. The molecule has 1 fully saturated rings. The highest BCUT2D eigenvalue weighted by Gasteiger charge is 2.27. The minimum atomic E-state index is 0.123. The molecule has 2 unspecified atom stereocenters. The normalized spacial score (nSPS) is 20.9. The third kappa shape index (κ3) is 3.56. The van der Waals surface area contributed by atoms with Crippen LogP contribution in [-0.4, -0.2) is 35.2 Å². The number of hydrogen-bond acceptors (Lipinski definition) is 5. The second kappa shape index (κ2) is 5.74. The van der Waals surface area contributed by atoms with E-state index >= 15 is 0 Å². The molecule has 0 aromatic carbocycles. The molecule has 5 nitrogen and oxygen atoms in total. The summed E-state index contributed by atoms with van der Waals surface area (Å²) in [5.41, 5.74) is 6.91. The zero-order valence-electron chi connectivity index (χ0n) is 12.3. The van der Waals surface area contributed by atoms with Crippen LogP contribution in [-0.2, 0) is 0 Å². The summed E-state index contributed by atoms with van der Waals surface area (Å²) < 4.78 is 5.67. The number of nitrogens with zero attached hydrogens (tertiary/aromatic N) is 3. The molecular weight excluding hydrogens is 240 g/mol. The Labute approximate surface area is 115 Å². The first kappa shape index (κ1) is 14.1. The van der Waals surface area contributed by atoms with Gasteiger partial charge < -0.3 is 15.4 Å². The highest BCUT2D eigenvalue weighted by Crippen LogP contribution is 2.24. The van der Waals surface area contributed by atoms with Gasteiger partial charge in [-0.1, -0.05) is 0 Å². The topological polar surface area (TPSA) is 64.3 Å². The Bertz CT molecular complexity index is 433. The molecule has 1 aliphatic rings. The van der Waals surface area contributed by atoms with Gasteiger partial charge in [-0.25, -0.2) is 4.98 Å². The van der Waals surface area contributed by atoms with Crippen molar-refractivity contribution in [1.29, 1.82) is 0 Å². The first-order chi connectivity index (χ1) is 8.95. The first-order valence-corrected chi connectivity index (χ1v) is 6.98. The van der Waals surface area contributed by atoms with Crippen LogP contribution in [0.5, 0.6) is 5.88 Å². The van der Waals surface area contributed by atoms with E-state index in [-0.39, 0.29) is 12.1 Å². The number of hydrogen-bond donors (Lipinski definition) is 1. The van der Waals surface area contributed by atoms with Crippen molar-refractivity contribution in [3.8, 4) is 5.88 Å². The van der Waals surface area contributed by atoms with Gasteiger partial charge in [0, 0.05) is 30.9 Å². The lowest BCUT2D eigenvalue weighted by atomic mass is 10.0. The maximum Gasteiger partial charge on any atom is 0.228 e. The Morgan fingerprint density at radius 1 is 1.37 bits per heavy atom. The maximum absolute atomic E-state index is 5.97. The van der Waals surface area contributed by atoms with Crippen LogP contribution in [0, 0.1) is 12.8 Å². The molecule has 0 aliphatic carbocycles. The molecule has 2 atom stereocenters. The van der Waals surface area contributed by atoms with E-state index in [1.54, 1.807) is 0 Å². The smallest absolute Gasteiger partial charge is 0.228 e. The quantitative estimate of drug-likeness (QED) is 0.897. The Balaban J connectivity index is 2.14. The molecule has 1 aliphatic heterocycles. The van der Waals surface area contributed by atoms with Gasteiger partial charge in [0.1, 0.15) is 0 Å². The Morgan fingerprint density at radius 3 is 2.68 bits per heavy atom.